The van der Waals surface area contributed by atoms with Crippen molar-refractivity contribution in [2.45, 2.75) is 50.8 Å². The summed E-state index contributed by atoms with van der Waals surface area (Å²) in [6.45, 7) is 0.266. The van der Waals surface area contributed by atoms with Gasteiger partial charge in [0.2, 0.25) is 11.8 Å². The third-order valence-electron chi connectivity index (χ3n) is 5.29. The van der Waals surface area contributed by atoms with E-state index in [9.17, 15) is 9.59 Å². The van der Waals surface area contributed by atoms with Crippen LogP contribution < -0.4 is 15.4 Å². The normalized spacial score (nSPS) is 14.7. The Morgan fingerprint density at radius 2 is 2.03 bits per heavy atom. The van der Waals surface area contributed by atoms with Crippen LogP contribution in [0.15, 0.2) is 36.5 Å². The minimum Gasteiger partial charge on any atom is -0.474 e. The van der Waals surface area contributed by atoms with Crippen LogP contribution in [0.1, 0.15) is 48.0 Å². The Morgan fingerprint density at radius 3 is 2.75 bits per heavy atom. The average molecular weight is 496 g/mol. The van der Waals surface area contributed by atoms with Crippen LogP contribution >= 0.6 is 35.0 Å². The Morgan fingerprint density at radius 1 is 1.25 bits per heavy atom. The molecule has 172 valence electrons. The van der Waals surface area contributed by atoms with Gasteiger partial charge in [0.15, 0.2) is 0 Å². The highest BCUT2D eigenvalue weighted by Crippen LogP contribution is 2.25. The summed E-state index contributed by atoms with van der Waals surface area (Å²) >= 11 is 13.7. The van der Waals surface area contributed by atoms with E-state index < -0.39 is 11.9 Å². The molecule has 3 rings (SSSR count). The molecule has 2 N–H and O–H groups in total. The smallest absolute Gasteiger partial charge is 0.253 e. The highest BCUT2D eigenvalue weighted by Gasteiger charge is 2.23. The number of thioether (sulfide) groups is 1. The number of hydrogen-bond acceptors (Lipinski definition) is 5. The fourth-order valence-corrected chi connectivity index (χ4v) is 4.51. The van der Waals surface area contributed by atoms with Crippen LogP contribution in [0.2, 0.25) is 10.0 Å². The first-order chi connectivity index (χ1) is 15.5. The molecule has 1 aromatic heterocycles. The highest BCUT2D eigenvalue weighted by atomic mass is 35.5. The van der Waals surface area contributed by atoms with Gasteiger partial charge in [-0.1, -0.05) is 29.3 Å². The number of nitrogens with zero attached hydrogens (tertiary/aromatic N) is 1. The van der Waals surface area contributed by atoms with Crippen molar-refractivity contribution >= 4 is 46.8 Å². The summed E-state index contributed by atoms with van der Waals surface area (Å²) in [4.78, 5) is 30.0. The van der Waals surface area contributed by atoms with Crippen molar-refractivity contribution in [2.75, 3.05) is 12.0 Å². The van der Waals surface area contributed by atoms with Gasteiger partial charge in [0.1, 0.15) is 12.1 Å². The van der Waals surface area contributed by atoms with Crippen molar-refractivity contribution < 1.29 is 14.3 Å². The Kier molecular flexibility index (Phi) is 9.51. The summed E-state index contributed by atoms with van der Waals surface area (Å²) in [7, 11) is 0. The van der Waals surface area contributed by atoms with Crippen LogP contribution in [0.25, 0.3) is 0 Å². The number of rotatable bonds is 10. The van der Waals surface area contributed by atoms with Gasteiger partial charge in [-0.2, -0.15) is 11.8 Å². The Hall–Kier alpha value is -1.96. The van der Waals surface area contributed by atoms with E-state index in [0.29, 0.717) is 17.3 Å². The van der Waals surface area contributed by atoms with E-state index >= 15 is 0 Å². The first kappa shape index (κ1) is 24.7. The van der Waals surface area contributed by atoms with Gasteiger partial charge in [0.05, 0.1) is 10.6 Å². The maximum Gasteiger partial charge on any atom is 0.253 e. The van der Waals surface area contributed by atoms with Crippen molar-refractivity contribution in [3.8, 4) is 5.88 Å². The van der Waals surface area contributed by atoms with Crippen molar-refractivity contribution in [1.82, 2.24) is 15.6 Å². The number of aromatic nitrogens is 1. The van der Waals surface area contributed by atoms with E-state index in [1.54, 1.807) is 30.1 Å². The third kappa shape index (κ3) is 7.02. The van der Waals surface area contributed by atoms with Gasteiger partial charge in [0, 0.05) is 23.3 Å². The average Bonchev–Trinajstić information content (AvgIpc) is 3.28. The molecule has 2 aromatic rings. The van der Waals surface area contributed by atoms with E-state index in [2.05, 4.69) is 15.6 Å². The number of carbonyl (C=O) groups excluding carboxylic acids is 2. The Balaban J connectivity index is 1.64. The van der Waals surface area contributed by atoms with Crippen LogP contribution in [0.3, 0.4) is 0 Å². The molecular formula is C23H27Cl2N3O3S. The molecular weight excluding hydrogens is 469 g/mol. The first-order valence-corrected chi connectivity index (χ1v) is 12.8. The topological polar surface area (TPSA) is 80.3 Å². The number of amides is 2. The second-order valence-corrected chi connectivity index (χ2v) is 9.47. The molecule has 2 amide bonds. The van der Waals surface area contributed by atoms with Gasteiger partial charge >= 0.3 is 0 Å². The number of halogens is 2. The lowest BCUT2D eigenvalue weighted by atomic mass is 10.1. The maximum absolute atomic E-state index is 12.9. The molecule has 1 saturated carbocycles. The van der Waals surface area contributed by atoms with Gasteiger partial charge in [0.25, 0.3) is 5.91 Å². The predicted molar refractivity (Wildman–Crippen MR) is 130 cm³/mol. The summed E-state index contributed by atoms with van der Waals surface area (Å²) in [6, 6.07) is 7.65. The molecule has 6 nitrogen and oxygen atoms in total. The fourth-order valence-electron chi connectivity index (χ4n) is 3.55. The molecule has 1 fully saturated rings. The number of hydrogen-bond donors (Lipinski definition) is 2. The van der Waals surface area contributed by atoms with Crippen LogP contribution in [0.5, 0.6) is 5.88 Å². The molecule has 1 aliphatic carbocycles. The van der Waals surface area contributed by atoms with Crippen LogP contribution in [-0.2, 0) is 11.3 Å². The van der Waals surface area contributed by atoms with E-state index in [1.165, 1.54) is 6.07 Å². The fraction of sp³-hybridized carbons (Fsp3) is 0.435. The quantitative estimate of drug-likeness (QED) is 0.490. The molecule has 0 aliphatic heterocycles. The van der Waals surface area contributed by atoms with Gasteiger partial charge in [-0.15, -0.1) is 0 Å². The predicted octanol–water partition coefficient (Wildman–Crippen LogP) is 4.88. The molecule has 0 spiro atoms. The van der Waals surface area contributed by atoms with Gasteiger partial charge < -0.3 is 15.4 Å². The molecule has 1 heterocycles. The van der Waals surface area contributed by atoms with Crippen molar-refractivity contribution in [2.24, 2.45) is 0 Å². The van der Waals surface area contributed by atoms with Crippen LogP contribution in [-0.4, -0.2) is 41.0 Å². The molecule has 1 atom stereocenters. The monoisotopic (exact) mass is 495 g/mol. The second-order valence-electron chi connectivity index (χ2n) is 7.64. The van der Waals surface area contributed by atoms with Gasteiger partial charge in [-0.05, 0) is 68.4 Å². The zero-order chi connectivity index (χ0) is 22.9. The summed E-state index contributed by atoms with van der Waals surface area (Å²) in [5, 5.41) is 6.39. The lowest BCUT2D eigenvalue weighted by molar-refractivity contribution is -0.123. The molecule has 1 aromatic carbocycles. The van der Waals surface area contributed by atoms with Crippen molar-refractivity contribution in [3.63, 3.8) is 0 Å². The molecule has 9 heteroatoms. The highest BCUT2D eigenvalue weighted by molar-refractivity contribution is 7.98. The minimum atomic E-state index is -0.697. The number of ether oxygens (including phenoxy) is 1. The number of carbonyl (C=O) groups is 2. The minimum absolute atomic E-state index is 0.178. The summed E-state index contributed by atoms with van der Waals surface area (Å²) < 4.78 is 6.05. The van der Waals surface area contributed by atoms with Crippen LogP contribution in [0, 0.1) is 0 Å². The number of pyridine rings is 1. The van der Waals surface area contributed by atoms with E-state index in [0.717, 1.165) is 37.0 Å². The zero-order valence-electron chi connectivity index (χ0n) is 17.9. The SMILES string of the molecule is CSCCC(NC(=O)c1ccc(Cl)cc1Cl)C(=O)NCc1cccnc1OC1CCCC1. The maximum atomic E-state index is 12.9. The largest absolute Gasteiger partial charge is 0.474 e. The Labute approximate surface area is 202 Å². The molecule has 0 saturated heterocycles. The standard InChI is InChI=1S/C23H27Cl2N3O3S/c1-32-12-10-20(28-21(29)18-9-8-16(24)13-19(18)25)22(30)27-14-15-5-4-11-26-23(15)31-17-6-2-3-7-17/h4-5,8-9,11,13,17,20H,2-3,6-7,10,12,14H2,1H3,(H,27,30)(H,28,29). The second kappa shape index (κ2) is 12.3. The number of nitrogens with one attached hydrogen (secondary N) is 2. The third-order valence-corrected chi connectivity index (χ3v) is 6.48. The molecule has 0 radical (unpaired) electrons. The van der Waals surface area contributed by atoms with Crippen molar-refractivity contribution in [1.29, 1.82) is 0 Å². The Bertz CT molecular complexity index is 938. The molecule has 32 heavy (non-hydrogen) atoms. The zero-order valence-corrected chi connectivity index (χ0v) is 20.2. The number of benzene rings is 1. The summed E-state index contributed by atoms with van der Waals surface area (Å²) in [5.74, 6) is 0.584. The molecule has 1 aliphatic rings. The van der Waals surface area contributed by atoms with E-state index in [-0.39, 0.29) is 29.1 Å². The lowest BCUT2D eigenvalue weighted by Crippen LogP contribution is -2.47. The van der Waals surface area contributed by atoms with Gasteiger partial charge in [-0.25, -0.2) is 4.98 Å². The van der Waals surface area contributed by atoms with Crippen LogP contribution in [0.4, 0.5) is 0 Å². The van der Waals surface area contributed by atoms with Gasteiger partial charge in [-0.3, -0.25) is 9.59 Å². The summed E-state index contributed by atoms with van der Waals surface area (Å²) in [6.07, 6.45) is 8.69. The molecule has 1 unspecified atom stereocenters. The first-order valence-electron chi connectivity index (χ1n) is 10.6. The van der Waals surface area contributed by atoms with E-state index in [4.69, 9.17) is 27.9 Å². The molecule has 0 bridgehead atoms. The van der Waals surface area contributed by atoms with Crippen molar-refractivity contribution in [3.05, 3.63) is 57.7 Å². The summed E-state index contributed by atoms with van der Waals surface area (Å²) in [5.41, 5.74) is 1.08. The lowest BCUT2D eigenvalue weighted by Gasteiger charge is -2.20. The van der Waals surface area contributed by atoms with E-state index in [1.807, 2.05) is 18.4 Å².